The molecule has 0 radical (unpaired) electrons. The van der Waals surface area contributed by atoms with E-state index in [9.17, 15) is 0 Å². The van der Waals surface area contributed by atoms with Crippen molar-refractivity contribution in [3.63, 3.8) is 0 Å². The second-order valence-electron chi connectivity index (χ2n) is 12.6. The van der Waals surface area contributed by atoms with E-state index in [2.05, 4.69) is 134 Å². The molecule has 0 atom stereocenters. The highest BCUT2D eigenvalue weighted by Crippen LogP contribution is 2.51. The van der Waals surface area contributed by atoms with Crippen molar-refractivity contribution in [1.82, 2.24) is 14.5 Å². The fourth-order valence-electron chi connectivity index (χ4n) is 7.45. The van der Waals surface area contributed by atoms with Crippen LogP contribution in [0.2, 0.25) is 0 Å². The molecule has 220 valence electrons. The van der Waals surface area contributed by atoms with Gasteiger partial charge in [0.2, 0.25) is 0 Å². The zero-order chi connectivity index (χ0) is 31.2. The van der Waals surface area contributed by atoms with Gasteiger partial charge in [-0.25, -0.2) is 9.97 Å². The van der Waals surface area contributed by atoms with Crippen LogP contribution in [0.4, 0.5) is 0 Å². The second kappa shape index (κ2) is 9.84. The van der Waals surface area contributed by atoms with E-state index >= 15 is 0 Å². The van der Waals surface area contributed by atoms with Crippen LogP contribution < -0.4 is 0 Å². The summed E-state index contributed by atoms with van der Waals surface area (Å²) < 4.78 is 3.83. The van der Waals surface area contributed by atoms with E-state index in [1.165, 1.54) is 58.8 Å². The molecule has 4 heterocycles. The molecule has 8 aromatic rings. The number of hydrogen-bond acceptors (Lipinski definition) is 3. The largest absolute Gasteiger partial charge is 0.300 e. The lowest BCUT2D eigenvalue weighted by molar-refractivity contribution is 0.630. The van der Waals surface area contributed by atoms with Crippen LogP contribution in [-0.4, -0.2) is 14.5 Å². The Labute approximate surface area is 271 Å². The SMILES string of the molecule is C=Cc1c(/C=C\C)nc(-c2ccc3ccccc3c2)nc1-c1ccc2c(c1)C(C)(C)c1cccc3c4c5ccccc5sc4n-2c13. The minimum atomic E-state index is -0.216. The van der Waals surface area contributed by atoms with Crippen LogP contribution in [0, 0.1) is 0 Å². The molecule has 4 heteroatoms. The second-order valence-corrected chi connectivity index (χ2v) is 13.7. The average Bonchev–Trinajstić information content (AvgIpc) is 3.62. The molecule has 3 aromatic heterocycles. The first-order valence-electron chi connectivity index (χ1n) is 15.7. The highest BCUT2D eigenvalue weighted by atomic mass is 32.1. The van der Waals surface area contributed by atoms with Gasteiger partial charge in [0, 0.05) is 43.0 Å². The zero-order valence-corrected chi connectivity index (χ0v) is 26.8. The van der Waals surface area contributed by atoms with Crippen molar-refractivity contribution in [2.75, 3.05) is 0 Å². The summed E-state index contributed by atoms with van der Waals surface area (Å²) in [4.78, 5) is 11.6. The van der Waals surface area contributed by atoms with E-state index in [-0.39, 0.29) is 5.41 Å². The molecule has 46 heavy (non-hydrogen) atoms. The van der Waals surface area contributed by atoms with Gasteiger partial charge in [0.05, 0.1) is 22.6 Å². The first kappa shape index (κ1) is 27.0. The molecule has 0 unspecified atom stereocenters. The Morgan fingerprint density at radius 1 is 0.761 bits per heavy atom. The fourth-order valence-corrected chi connectivity index (χ4v) is 8.68. The van der Waals surface area contributed by atoms with Gasteiger partial charge in [-0.3, -0.25) is 0 Å². The molecule has 1 aliphatic heterocycles. The van der Waals surface area contributed by atoms with E-state index in [1.54, 1.807) is 0 Å². The van der Waals surface area contributed by atoms with Gasteiger partial charge < -0.3 is 4.57 Å². The number of rotatable bonds is 4. The third-order valence-electron chi connectivity index (χ3n) is 9.68. The standard InChI is InChI=1S/C42H31N3S/c1-5-12-34-29(6-2)38(44-40(43-34)28-20-19-25-13-7-8-14-26(25)23-28)27-21-22-35-33(24-27)42(3,4)32-17-11-16-31-37-30-15-9-10-18-36(30)46-41(37)45(35)39(31)32/h5-24H,2H2,1,3-4H3/b12-5-. The van der Waals surface area contributed by atoms with Crippen molar-refractivity contribution in [2.24, 2.45) is 0 Å². The summed E-state index contributed by atoms with van der Waals surface area (Å²) in [6.07, 6.45) is 5.98. The first-order valence-corrected chi connectivity index (χ1v) is 16.6. The number of nitrogens with zero attached hydrogens (tertiary/aromatic N) is 3. The number of hydrogen-bond donors (Lipinski definition) is 0. The molecule has 5 aromatic carbocycles. The summed E-state index contributed by atoms with van der Waals surface area (Å²) in [6.45, 7) is 10.9. The number of para-hydroxylation sites is 1. The summed E-state index contributed by atoms with van der Waals surface area (Å²) in [7, 11) is 0. The Kier molecular flexibility index (Phi) is 5.78. The summed E-state index contributed by atoms with van der Waals surface area (Å²) in [6, 6.07) is 37.4. The zero-order valence-electron chi connectivity index (χ0n) is 26.0. The van der Waals surface area contributed by atoms with Crippen LogP contribution >= 0.6 is 11.3 Å². The maximum Gasteiger partial charge on any atom is 0.160 e. The van der Waals surface area contributed by atoms with Crippen LogP contribution in [-0.2, 0) is 5.41 Å². The molecule has 1 aliphatic rings. The molecule has 0 N–H and O–H groups in total. The predicted octanol–water partition coefficient (Wildman–Crippen LogP) is 11.6. The van der Waals surface area contributed by atoms with E-state index in [1.807, 2.05) is 30.4 Å². The Morgan fingerprint density at radius 3 is 2.39 bits per heavy atom. The highest BCUT2D eigenvalue weighted by molar-refractivity contribution is 7.25. The minimum absolute atomic E-state index is 0.216. The smallest absolute Gasteiger partial charge is 0.160 e. The number of thiophene rings is 1. The number of aromatic nitrogens is 3. The maximum absolute atomic E-state index is 5.26. The van der Waals surface area contributed by atoms with E-state index < -0.39 is 0 Å². The minimum Gasteiger partial charge on any atom is -0.300 e. The van der Waals surface area contributed by atoms with Gasteiger partial charge in [-0.2, -0.15) is 0 Å². The first-order chi connectivity index (χ1) is 22.5. The summed E-state index contributed by atoms with van der Waals surface area (Å²) in [5.74, 6) is 0.709. The van der Waals surface area contributed by atoms with Crippen LogP contribution in [0.15, 0.2) is 116 Å². The number of benzene rings is 5. The van der Waals surface area contributed by atoms with E-state index in [0.717, 1.165) is 28.1 Å². The lowest BCUT2D eigenvalue weighted by atomic mass is 9.74. The molecule has 9 rings (SSSR count). The lowest BCUT2D eigenvalue weighted by Gasteiger charge is -2.35. The average molecular weight is 610 g/mol. The lowest BCUT2D eigenvalue weighted by Crippen LogP contribution is -2.26. The van der Waals surface area contributed by atoms with Crippen LogP contribution in [0.3, 0.4) is 0 Å². The summed E-state index contributed by atoms with van der Waals surface area (Å²) in [5, 5.41) is 6.38. The van der Waals surface area contributed by atoms with Gasteiger partial charge in [-0.05, 0) is 59.2 Å². The Bertz CT molecular complexity index is 2590. The number of allylic oxidation sites excluding steroid dienone is 1. The quantitative estimate of drug-likeness (QED) is 0.199. The Morgan fingerprint density at radius 2 is 1.54 bits per heavy atom. The van der Waals surface area contributed by atoms with Gasteiger partial charge in [-0.15, -0.1) is 11.3 Å². The summed E-state index contributed by atoms with van der Waals surface area (Å²) in [5.41, 5.74) is 9.73. The topological polar surface area (TPSA) is 30.7 Å². The van der Waals surface area contributed by atoms with Crippen LogP contribution in [0.25, 0.3) is 82.5 Å². The van der Waals surface area contributed by atoms with E-state index in [4.69, 9.17) is 9.97 Å². The molecular weight excluding hydrogens is 579 g/mol. The van der Waals surface area contributed by atoms with E-state index in [0.29, 0.717) is 5.82 Å². The van der Waals surface area contributed by atoms with Gasteiger partial charge in [0.25, 0.3) is 0 Å². The maximum atomic E-state index is 5.26. The molecule has 0 bridgehead atoms. The normalized spacial score (nSPS) is 13.7. The third-order valence-corrected chi connectivity index (χ3v) is 10.8. The highest BCUT2D eigenvalue weighted by Gasteiger charge is 2.36. The van der Waals surface area contributed by atoms with Crippen molar-refractivity contribution in [2.45, 2.75) is 26.2 Å². The van der Waals surface area contributed by atoms with Crippen LogP contribution in [0.5, 0.6) is 0 Å². The molecule has 0 spiro atoms. The van der Waals surface area contributed by atoms with Gasteiger partial charge >= 0.3 is 0 Å². The van der Waals surface area contributed by atoms with Crippen molar-refractivity contribution in [3.05, 3.63) is 138 Å². The fraction of sp³-hybridized carbons (Fsp3) is 0.0952. The van der Waals surface area contributed by atoms with Crippen molar-refractivity contribution < 1.29 is 0 Å². The van der Waals surface area contributed by atoms with Crippen LogP contribution in [0.1, 0.15) is 43.2 Å². The van der Waals surface area contributed by atoms with Crippen molar-refractivity contribution in [1.29, 1.82) is 0 Å². The molecule has 3 nitrogen and oxygen atoms in total. The number of fused-ring (bicyclic) bond motifs is 8. The molecule has 0 amide bonds. The Hall–Kier alpha value is -5.32. The molecule has 0 saturated heterocycles. The Balaban J connectivity index is 1.30. The van der Waals surface area contributed by atoms with Gasteiger partial charge in [0.1, 0.15) is 4.83 Å². The van der Waals surface area contributed by atoms with Crippen molar-refractivity contribution >= 4 is 65.5 Å². The van der Waals surface area contributed by atoms with Gasteiger partial charge in [-0.1, -0.05) is 111 Å². The molecular formula is C42H31N3S. The molecule has 0 fully saturated rings. The van der Waals surface area contributed by atoms with Crippen molar-refractivity contribution in [3.8, 4) is 28.3 Å². The summed E-state index contributed by atoms with van der Waals surface area (Å²) >= 11 is 1.88. The third kappa shape index (κ3) is 3.71. The molecule has 0 saturated carbocycles. The monoisotopic (exact) mass is 609 g/mol. The predicted molar refractivity (Wildman–Crippen MR) is 197 cm³/mol. The van der Waals surface area contributed by atoms with Gasteiger partial charge in [0.15, 0.2) is 5.82 Å². The molecule has 0 aliphatic carbocycles.